The molecule has 0 aliphatic carbocycles. The number of unbranched alkanes of at least 4 members (excludes halogenated alkanes) is 1. The van der Waals surface area contributed by atoms with Crippen LogP contribution in [0.3, 0.4) is 0 Å². The normalized spacial score (nSPS) is 12.4. The van der Waals surface area contributed by atoms with Crippen LogP contribution in [-0.4, -0.2) is 19.7 Å². The summed E-state index contributed by atoms with van der Waals surface area (Å²) in [4.78, 5) is 17.8. The number of nitrogens with zero attached hydrogens (tertiary/aromatic N) is 4. The summed E-state index contributed by atoms with van der Waals surface area (Å²) < 4.78 is 7.69. The molecule has 2 heterocycles. The van der Waals surface area contributed by atoms with Crippen LogP contribution in [0.1, 0.15) is 43.4 Å². The van der Waals surface area contributed by atoms with Gasteiger partial charge in [0.05, 0.1) is 16.2 Å². The van der Waals surface area contributed by atoms with Crippen molar-refractivity contribution in [1.82, 2.24) is 19.7 Å². The molecule has 0 spiro atoms. The number of thioether (sulfide) groups is 1. The molecule has 0 radical (unpaired) electrons. The van der Waals surface area contributed by atoms with Crippen LogP contribution in [-0.2, 0) is 6.54 Å². The molecule has 0 N–H and O–H groups in total. The van der Waals surface area contributed by atoms with Gasteiger partial charge in [-0.15, -0.1) is 10.2 Å². The second-order valence-corrected chi connectivity index (χ2v) is 8.60. The Morgan fingerprint density at radius 2 is 1.87 bits per heavy atom. The zero-order chi connectivity index (χ0) is 21.1. The smallest absolute Gasteiger partial charge is 0.262 e. The highest BCUT2D eigenvalue weighted by Gasteiger charge is 2.20. The molecule has 0 bridgehead atoms. The van der Waals surface area contributed by atoms with Crippen LogP contribution in [0.25, 0.3) is 22.4 Å². The topological polar surface area (TPSA) is 73.8 Å². The van der Waals surface area contributed by atoms with E-state index in [1.807, 2.05) is 62.4 Å². The number of aryl methyl sites for hydroxylation is 1. The average molecular weight is 421 g/mol. The lowest BCUT2D eigenvalue weighted by molar-refractivity contribution is 0.507. The number of aromatic nitrogens is 4. The van der Waals surface area contributed by atoms with Crippen molar-refractivity contribution in [3.8, 4) is 11.5 Å². The summed E-state index contributed by atoms with van der Waals surface area (Å²) in [6, 6.07) is 15.4. The lowest BCUT2D eigenvalue weighted by Crippen LogP contribution is -2.23. The monoisotopic (exact) mass is 420 g/mol. The van der Waals surface area contributed by atoms with E-state index in [9.17, 15) is 4.79 Å². The fourth-order valence-corrected chi connectivity index (χ4v) is 4.14. The van der Waals surface area contributed by atoms with E-state index in [0.29, 0.717) is 34.4 Å². The fraction of sp³-hybridized carbons (Fsp3) is 0.304. The highest BCUT2D eigenvalue weighted by Crippen LogP contribution is 2.34. The molecular weight excluding hydrogens is 396 g/mol. The predicted octanol–water partition coefficient (Wildman–Crippen LogP) is 5.41. The van der Waals surface area contributed by atoms with Gasteiger partial charge in [0.15, 0.2) is 5.16 Å². The Bertz CT molecular complexity index is 1210. The van der Waals surface area contributed by atoms with Crippen molar-refractivity contribution in [2.75, 3.05) is 0 Å². The maximum absolute atomic E-state index is 13.0. The minimum Gasteiger partial charge on any atom is -0.419 e. The van der Waals surface area contributed by atoms with Crippen LogP contribution in [0.4, 0.5) is 0 Å². The molecule has 1 unspecified atom stereocenters. The van der Waals surface area contributed by atoms with E-state index in [1.165, 1.54) is 17.3 Å². The number of hydrogen-bond donors (Lipinski definition) is 0. The quantitative estimate of drug-likeness (QED) is 0.294. The first-order valence-corrected chi connectivity index (χ1v) is 11.0. The van der Waals surface area contributed by atoms with Crippen LogP contribution < -0.4 is 5.56 Å². The van der Waals surface area contributed by atoms with Gasteiger partial charge in [-0.25, -0.2) is 4.98 Å². The fourth-order valence-electron chi connectivity index (χ4n) is 3.17. The first-order chi connectivity index (χ1) is 14.6. The average Bonchev–Trinajstić information content (AvgIpc) is 3.24. The summed E-state index contributed by atoms with van der Waals surface area (Å²) in [5.41, 5.74) is 2.76. The van der Waals surface area contributed by atoms with Gasteiger partial charge in [0.1, 0.15) is 0 Å². The van der Waals surface area contributed by atoms with Gasteiger partial charge in [-0.05, 0) is 44.5 Å². The van der Waals surface area contributed by atoms with Crippen molar-refractivity contribution >= 4 is 22.7 Å². The van der Waals surface area contributed by atoms with E-state index in [0.717, 1.165) is 18.4 Å². The Morgan fingerprint density at radius 1 is 1.10 bits per heavy atom. The molecule has 30 heavy (non-hydrogen) atoms. The molecule has 154 valence electrons. The van der Waals surface area contributed by atoms with Crippen LogP contribution >= 0.6 is 11.8 Å². The SMILES string of the molecule is CCCCn1c(SC(C)c2nnc(-c3ccc(C)cc3)o2)nc2ccccc2c1=O. The summed E-state index contributed by atoms with van der Waals surface area (Å²) in [5.74, 6) is 1.01. The van der Waals surface area contributed by atoms with Crippen molar-refractivity contribution in [2.45, 2.75) is 50.6 Å². The molecule has 0 fully saturated rings. The number of para-hydroxylation sites is 1. The molecule has 6 nitrogen and oxygen atoms in total. The van der Waals surface area contributed by atoms with Crippen LogP contribution in [0.2, 0.25) is 0 Å². The van der Waals surface area contributed by atoms with Gasteiger partial charge >= 0.3 is 0 Å². The summed E-state index contributed by atoms with van der Waals surface area (Å²) in [5, 5.41) is 9.61. The highest BCUT2D eigenvalue weighted by atomic mass is 32.2. The van der Waals surface area contributed by atoms with Crippen molar-refractivity contribution in [3.63, 3.8) is 0 Å². The van der Waals surface area contributed by atoms with E-state index in [4.69, 9.17) is 9.40 Å². The Morgan fingerprint density at radius 3 is 2.63 bits per heavy atom. The molecule has 2 aromatic heterocycles. The Labute approximate surface area is 179 Å². The lowest BCUT2D eigenvalue weighted by atomic mass is 10.1. The first-order valence-electron chi connectivity index (χ1n) is 10.1. The van der Waals surface area contributed by atoms with Gasteiger partial charge in [0.2, 0.25) is 11.8 Å². The second kappa shape index (κ2) is 8.83. The van der Waals surface area contributed by atoms with Crippen molar-refractivity contribution < 1.29 is 4.42 Å². The number of benzene rings is 2. The zero-order valence-electron chi connectivity index (χ0n) is 17.3. The van der Waals surface area contributed by atoms with E-state index < -0.39 is 0 Å². The van der Waals surface area contributed by atoms with E-state index in [1.54, 1.807) is 4.57 Å². The third kappa shape index (κ3) is 4.16. The highest BCUT2D eigenvalue weighted by molar-refractivity contribution is 7.99. The third-order valence-corrected chi connectivity index (χ3v) is 6.01. The number of fused-ring (bicyclic) bond motifs is 1. The Kier molecular flexibility index (Phi) is 5.99. The first kappa shape index (κ1) is 20.3. The molecule has 0 aliphatic heterocycles. The standard InChI is InChI=1S/C23H24N4O2S/c1-4-5-14-27-22(28)18-8-6-7-9-19(18)24-23(27)30-16(3)20-25-26-21(29-20)17-12-10-15(2)11-13-17/h6-13,16H,4-5,14H2,1-3H3. The zero-order valence-corrected chi connectivity index (χ0v) is 18.1. The van der Waals surface area contributed by atoms with Crippen molar-refractivity contribution in [3.05, 3.63) is 70.3 Å². The molecule has 0 aliphatic rings. The molecule has 4 aromatic rings. The van der Waals surface area contributed by atoms with Crippen LogP contribution in [0.15, 0.2) is 62.9 Å². The lowest BCUT2D eigenvalue weighted by Gasteiger charge is -2.14. The maximum atomic E-state index is 13.0. The van der Waals surface area contributed by atoms with Crippen LogP contribution in [0.5, 0.6) is 0 Å². The summed E-state index contributed by atoms with van der Waals surface area (Å²) >= 11 is 1.47. The summed E-state index contributed by atoms with van der Waals surface area (Å²) in [6.07, 6.45) is 1.92. The minimum absolute atomic E-state index is 0.00498. The Hall–Kier alpha value is -2.93. The predicted molar refractivity (Wildman–Crippen MR) is 120 cm³/mol. The van der Waals surface area contributed by atoms with Crippen molar-refractivity contribution in [1.29, 1.82) is 0 Å². The molecule has 1 atom stereocenters. The minimum atomic E-state index is -0.141. The molecule has 0 amide bonds. The van der Waals surface area contributed by atoms with E-state index in [-0.39, 0.29) is 10.8 Å². The summed E-state index contributed by atoms with van der Waals surface area (Å²) in [6.45, 7) is 6.78. The van der Waals surface area contributed by atoms with Crippen molar-refractivity contribution in [2.24, 2.45) is 0 Å². The summed E-state index contributed by atoms with van der Waals surface area (Å²) in [7, 11) is 0. The number of hydrogen-bond acceptors (Lipinski definition) is 6. The molecule has 0 saturated carbocycles. The molecule has 2 aromatic carbocycles. The number of rotatable bonds is 7. The van der Waals surface area contributed by atoms with E-state index >= 15 is 0 Å². The second-order valence-electron chi connectivity index (χ2n) is 7.29. The van der Waals surface area contributed by atoms with Crippen LogP contribution in [0, 0.1) is 6.92 Å². The molecule has 0 saturated heterocycles. The third-order valence-electron chi connectivity index (χ3n) is 4.93. The van der Waals surface area contributed by atoms with Gasteiger partial charge < -0.3 is 4.42 Å². The Balaban J connectivity index is 1.65. The van der Waals surface area contributed by atoms with Gasteiger partial charge in [-0.2, -0.15) is 0 Å². The molecular formula is C23H24N4O2S. The van der Waals surface area contributed by atoms with Gasteiger partial charge in [0, 0.05) is 12.1 Å². The molecule has 4 rings (SSSR count). The van der Waals surface area contributed by atoms with Gasteiger partial charge in [0.25, 0.3) is 5.56 Å². The van der Waals surface area contributed by atoms with E-state index in [2.05, 4.69) is 17.1 Å². The van der Waals surface area contributed by atoms with Gasteiger partial charge in [-0.1, -0.05) is 54.9 Å². The largest absolute Gasteiger partial charge is 0.419 e. The maximum Gasteiger partial charge on any atom is 0.262 e. The molecule has 7 heteroatoms. The van der Waals surface area contributed by atoms with Gasteiger partial charge in [-0.3, -0.25) is 9.36 Å².